The molecule has 0 aliphatic carbocycles. The van der Waals surface area contributed by atoms with Gasteiger partial charge in [-0.3, -0.25) is 0 Å². The number of fused-ring (bicyclic) bond motifs is 3. The molecular formula is C22H25BrN2O. The maximum atomic E-state index is 6.37. The van der Waals surface area contributed by atoms with Crippen LogP contribution in [0.1, 0.15) is 68.8 Å². The number of ether oxygens (including phenoxy) is 1. The molecule has 4 rings (SSSR count). The van der Waals surface area contributed by atoms with Crippen LogP contribution >= 0.6 is 15.9 Å². The van der Waals surface area contributed by atoms with E-state index in [1.165, 1.54) is 37.0 Å². The second kappa shape index (κ2) is 7.83. The van der Waals surface area contributed by atoms with Gasteiger partial charge in [0.15, 0.2) is 0 Å². The van der Waals surface area contributed by atoms with Gasteiger partial charge in [0.25, 0.3) is 0 Å². The Kier molecular flexibility index (Phi) is 5.30. The molecule has 2 aromatic rings. The van der Waals surface area contributed by atoms with Crippen molar-refractivity contribution in [3.05, 3.63) is 64.1 Å². The van der Waals surface area contributed by atoms with Crippen LogP contribution in [0.4, 0.5) is 0 Å². The van der Waals surface area contributed by atoms with E-state index in [-0.39, 0.29) is 12.3 Å². The molecule has 4 heteroatoms. The van der Waals surface area contributed by atoms with E-state index < -0.39 is 0 Å². The van der Waals surface area contributed by atoms with Crippen LogP contribution in [-0.4, -0.2) is 10.7 Å². The molecule has 2 heterocycles. The van der Waals surface area contributed by atoms with Crippen LogP contribution in [-0.2, 0) is 0 Å². The van der Waals surface area contributed by atoms with Crippen molar-refractivity contribution in [2.45, 2.75) is 57.7 Å². The average molecular weight is 413 g/mol. The fraction of sp³-hybridized carbons (Fsp3) is 0.409. The topological polar surface area (TPSA) is 24.8 Å². The molecule has 0 saturated carbocycles. The van der Waals surface area contributed by atoms with Gasteiger partial charge in [0, 0.05) is 27.7 Å². The molecule has 26 heavy (non-hydrogen) atoms. The average Bonchev–Trinajstić information content (AvgIpc) is 3.10. The summed E-state index contributed by atoms with van der Waals surface area (Å²) in [6.45, 7) is 2.25. The Labute approximate surface area is 164 Å². The van der Waals surface area contributed by atoms with E-state index >= 15 is 0 Å². The fourth-order valence-corrected chi connectivity index (χ4v) is 4.12. The molecule has 3 nitrogen and oxygen atoms in total. The highest BCUT2D eigenvalue weighted by molar-refractivity contribution is 9.10. The van der Waals surface area contributed by atoms with Crippen molar-refractivity contribution in [3.63, 3.8) is 0 Å². The first-order chi connectivity index (χ1) is 12.8. The molecule has 0 unspecified atom stereocenters. The molecule has 0 amide bonds. The smallest absolute Gasteiger partial charge is 0.213 e. The number of hydrazone groups is 1. The van der Waals surface area contributed by atoms with E-state index in [4.69, 9.17) is 9.84 Å². The van der Waals surface area contributed by atoms with Gasteiger partial charge in [0.1, 0.15) is 5.75 Å². The van der Waals surface area contributed by atoms with Gasteiger partial charge in [-0.1, -0.05) is 72.4 Å². The lowest BCUT2D eigenvalue weighted by Gasteiger charge is -2.38. The largest absolute Gasteiger partial charge is 0.464 e. The Balaban J connectivity index is 1.60. The van der Waals surface area contributed by atoms with Crippen molar-refractivity contribution in [2.75, 3.05) is 0 Å². The van der Waals surface area contributed by atoms with Gasteiger partial charge in [0.2, 0.25) is 6.23 Å². The van der Waals surface area contributed by atoms with Crippen LogP contribution in [0, 0.1) is 0 Å². The SMILES string of the molecule is CCCCCCC1=NN2[C@H](C1)c1ccccc1O[C@@H]2c1ccc(Br)cc1. The number of hydrogen-bond acceptors (Lipinski definition) is 3. The van der Waals surface area contributed by atoms with Crippen molar-refractivity contribution < 1.29 is 4.74 Å². The summed E-state index contributed by atoms with van der Waals surface area (Å²) >= 11 is 3.52. The summed E-state index contributed by atoms with van der Waals surface area (Å²) in [4.78, 5) is 0. The first-order valence-electron chi connectivity index (χ1n) is 9.62. The maximum absolute atomic E-state index is 6.37. The van der Waals surface area contributed by atoms with E-state index in [2.05, 4.69) is 76.4 Å². The minimum atomic E-state index is -0.156. The predicted molar refractivity (Wildman–Crippen MR) is 109 cm³/mol. The third-order valence-electron chi connectivity index (χ3n) is 5.24. The Morgan fingerprint density at radius 3 is 2.69 bits per heavy atom. The summed E-state index contributed by atoms with van der Waals surface area (Å²) in [5, 5.41) is 7.18. The maximum Gasteiger partial charge on any atom is 0.213 e. The Bertz CT molecular complexity index is 787. The van der Waals surface area contributed by atoms with Crippen molar-refractivity contribution in [3.8, 4) is 5.75 Å². The number of unbranched alkanes of at least 4 members (excludes halogenated alkanes) is 3. The van der Waals surface area contributed by atoms with Crippen LogP contribution in [0.3, 0.4) is 0 Å². The van der Waals surface area contributed by atoms with Crippen molar-refractivity contribution in [2.24, 2.45) is 5.10 Å². The molecule has 0 bridgehead atoms. The van der Waals surface area contributed by atoms with Crippen LogP contribution in [0.2, 0.25) is 0 Å². The van der Waals surface area contributed by atoms with Gasteiger partial charge in [-0.2, -0.15) is 5.10 Å². The Morgan fingerprint density at radius 1 is 1.08 bits per heavy atom. The fourth-order valence-electron chi connectivity index (χ4n) is 3.85. The van der Waals surface area contributed by atoms with Crippen molar-refractivity contribution in [1.29, 1.82) is 0 Å². The molecule has 0 spiro atoms. The van der Waals surface area contributed by atoms with Crippen LogP contribution in [0.5, 0.6) is 5.75 Å². The van der Waals surface area contributed by atoms with Gasteiger partial charge in [-0.25, -0.2) is 5.01 Å². The number of rotatable bonds is 6. The molecule has 2 aromatic carbocycles. The summed E-state index contributed by atoms with van der Waals surface area (Å²) in [5.74, 6) is 0.990. The zero-order valence-corrected chi connectivity index (χ0v) is 16.8. The molecule has 0 fully saturated rings. The highest BCUT2D eigenvalue weighted by atomic mass is 79.9. The zero-order valence-electron chi connectivity index (χ0n) is 15.2. The normalized spacial score (nSPS) is 21.0. The summed E-state index contributed by atoms with van der Waals surface area (Å²) in [6.07, 6.45) is 7.07. The lowest BCUT2D eigenvalue weighted by molar-refractivity contribution is -0.0190. The monoisotopic (exact) mass is 412 g/mol. The molecule has 0 N–H and O–H groups in total. The molecule has 2 aliphatic heterocycles. The summed E-state index contributed by atoms with van der Waals surface area (Å²) in [6, 6.07) is 17.1. The number of para-hydroxylation sites is 1. The van der Waals surface area contributed by atoms with Gasteiger partial charge in [0.05, 0.1) is 6.04 Å². The predicted octanol–water partition coefficient (Wildman–Crippen LogP) is 6.61. The third-order valence-corrected chi connectivity index (χ3v) is 5.76. The van der Waals surface area contributed by atoms with E-state index in [1.54, 1.807) is 0 Å². The van der Waals surface area contributed by atoms with Gasteiger partial charge in [-0.15, -0.1) is 0 Å². The van der Waals surface area contributed by atoms with Crippen molar-refractivity contribution >= 4 is 21.6 Å². The number of hydrogen-bond donors (Lipinski definition) is 0. The minimum Gasteiger partial charge on any atom is -0.464 e. The molecule has 0 aromatic heterocycles. The molecule has 0 radical (unpaired) electrons. The Hall–Kier alpha value is -1.81. The standard InChI is InChI=1S/C22H25BrN2O/c1-2-3-4-5-8-18-15-20-19-9-6-7-10-21(19)26-22(25(20)24-18)16-11-13-17(23)14-12-16/h6-7,9-14,20,22H,2-5,8,15H2,1H3/t20-,22-/m1/s1. The first-order valence-corrected chi connectivity index (χ1v) is 10.4. The van der Waals surface area contributed by atoms with E-state index in [0.29, 0.717) is 0 Å². The number of halogens is 1. The van der Waals surface area contributed by atoms with Crippen LogP contribution < -0.4 is 4.74 Å². The van der Waals surface area contributed by atoms with E-state index in [0.717, 1.165) is 28.6 Å². The van der Waals surface area contributed by atoms with Gasteiger partial charge < -0.3 is 4.74 Å². The van der Waals surface area contributed by atoms with E-state index in [1.807, 2.05) is 0 Å². The second-order valence-corrected chi connectivity index (χ2v) is 8.05. The number of benzene rings is 2. The highest BCUT2D eigenvalue weighted by Crippen LogP contribution is 2.47. The van der Waals surface area contributed by atoms with Crippen molar-refractivity contribution in [1.82, 2.24) is 5.01 Å². The molecule has 2 aliphatic rings. The zero-order chi connectivity index (χ0) is 17.9. The first kappa shape index (κ1) is 17.6. The lowest BCUT2D eigenvalue weighted by Crippen LogP contribution is -2.33. The lowest BCUT2D eigenvalue weighted by atomic mass is 9.96. The highest BCUT2D eigenvalue weighted by Gasteiger charge is 2.40. The molecule has 136 valence electrons. The summed E-state index contributed by atoms with van der Waals surface area (Å²) in [7, 11) is 0. The minimum absolute atomic E-state index is 0.156. The van der Waals surface area contributed by atoms with Gasteiger partial charge in [-0.05, 0) is 31.0 Å². The Morgan fingerprint density at radius 2 is 1.88 bits per heavy atom. The van der Waals surface area contributed by atoms with E-state index in [9.17, 15) is 0 Å². The molecular weight excluding hydrogens is 388 g/mol. The van der Waals surface area contributed by atoms with Gasteiger partial charge >= 0.3 is 0 Å². The molecule has 2 atom stereocenters. The van der Waals surface area contributed by atoms with Crippen LogP contribution in [0.25, 0.3) is 0 Å². The number of nitrogens with zero attached hydrogens (tertiary/aromatic N) is 2. The molecule has 0 saturated heterocycles. The summed E-state index contributed by atoms with van der Waals surface area (Å²) in [5.41, 5.74) is 3.71. The third kappa shape index (κ3) is 3.52. The second-order valence-electron chi connectivity index (χ2n) is 7.14. The summed E-state index contributed by atoms with van der Waals surface area (Å²) < 4.78 is 7.45. The quantitative estimate of drug-likeness (QED) is 0.498. The van der Waals surface area contributed by atoms with Crippen LogP contribution in [0.15, 0.2) is 58.1 Å².